The van der Waals surface area contributed by atoms with E-state index in [-0.39, 0.29) is 29.5 Å². The summed E-state index contributed by atoms with van der Waals surface area (Å²) < 4.78 is 26.9. The zero-order valence-corrected chi connectivity index (χ0v) is 13.0. The van der Waals surface area contributed by atoms with Gasteiger partial charge in [-0.05, 0) is 40.0 Å². The maximum Gasteiger partial charge on any atom is 0.272 e. The molecule has 0 saturated carbocycles. The lowest BCUT2D eigenvalue weighted by molar-refractivity contribution is 0.184. The van der Waals surface area contributed by atoms with Crippen LogP contribution in [-0.4, -0.2) is 50.1 Å². The Labute approximate surface area is 111 Å². The van der Waals surface area contributed by atoms with Crippen molar-refractivity contribution in [2.24, 2.45) is 11.8 Å². The summed E-state index contributed by atoms with van der Waals surface area (Å²) >= 11 is 0. The first-order valence-electron chi connectivity index (χ1n) is 6.49. The minimum absolute atomic E-state index is 0.151. The quantitative estimate of drug-likeness (QED) is 0.724. The average molecular weight is 262 g/mol. The van der Waals surface area contributed by atoms with Gasteiger partial charge in [0.15, 0.2) is 0 Å². The molecule has 2 atom stereocenters. The highest BCUT2D eigenvalue weighted by atomic mass is 19.3. The summed E-state index contributed by atoms with van der Waals surface area (Å²) in [5.74, 6) is 0.301. The second-order valence-electron chi connectivity index (χ2n) is 6.02. The van der Waals surface area contributed by atoms with Crippen molar-refractivity contribution in [1.29, 1.82) is 0 Å². The van der Waals surface area contributed by atoms with Crippen LogP contribution in [0.2, 0.25) is 0 Å². The SMILES string of the molecule is CC(C)C(C(=C(F)F)C(C(C)C)N(C)C)N(C)C. The van der Waals surface area contributed by atoms with Crippen LogP contribution < -0.4 is 0 Å². The zero-order chi connectivity index (χ0) is 14.6. The fraction of sp³-hybridized carbons (Fsp3) is 0.857. The van der Waals surface area contributed by atoms with E-state index in [4.69, 9.17) is 0 Å². The molecule has 0 radical (unpaired) electrons. The molecule has 0 aromatic heterocycles. The van der Waals surface area contributed by atoms with Crippen LogP contribution in [0.3, 0.4) is 0 Å². The molecule has 0 saturated heterocycles. The summed E-state index contributed by atoms with van der Waals surface area (Å²) in [5, 5.41) is 0. The van der Waals surface area contributed by atoms with Gasteiger partial charge in [-0.1, -0.05) is 27.7 Å². The van der Waals surface area contributed by atoms with E-state index in [1.165, 1.54) is 0 Å². The van der Waals surface area contributed by atoms with Gasteiger partial charge < -0.3 is 9.80 Å². The third-order valence-electron chi connectivity index (χ3n) is 3.23. The summed E-state index contributed by atoms with van der Waals surface area (Å²) in [7, 11) is 7.45. The molecular weight excluding hydrogens is 234 g/mol. The third kappa shape index (κ3) is 4.32. The molecule has 0 aromatic carbocycles. The first kappa shape index (κ1) is 17.5. The van der Waals surface area contributed by atoms with Crippen molar-refractivity contribution >= 4 is 0 Å². The van der Waals surface area contributed by atoms with Crippen molar-refractivity contribution in [3.8, 4) is 0 Å². The van der Waals surface area contributed by atoms with Crippen molar-refractivity contribution in [1.82, 2.24) is 9.80 Å². The largest absolute Gasteiger partial charge is 0.302 e. The molecule has 108 valence electrons. The Morgan fingerprint density at radius 3 is 1.11 bits per heavy atom. The Balaban J connectivity index is 5.62. The van der Waals surface area contributed by atoms with Gasteiger partial charge in [-0.15, -0.1) is 0 Å². The van der Waals surface area contributed by atoms with Crippen molar-refractivity contribution < 1.29 is 8.78 Å². The Bertz CT molecular complexity index is 242. The van der Waals surface area contributed by atoms with Gasteiger partial charge in [0.2, 0.25) is 0 Å². The molecule has 18 heavy (non-hydrogen) atoms. The molecule has 0 amide bonds. The summed E-state index contributed by atoms with van der Waals surface area (Å²) in [6.07, 6.45) is -1.53. The molecule has 2 nitrogen and oxygen atoms in total. The molecule has 0 N–H and O–H groups in total. The number of hydrogen-bond donors (Lipinski definition) is 0. The molecule has 0 aliphatic heterocycles. The first-order valence-corrected chi connectivity index (χ1v) is 6.49. The maximum absolute atomic E-state index is 13.5. The Morgan fingerprint density at radius 1 is 0.722 bits per heavy atom. The standard InChI is InChI=1S/C14H28F2N2/c1-9(2)12(17(5)6)11(14(15)16)13(10(3)4)18(7)8/h9-10,12-13H,1-8H3. The smallest absolute Gasteiger partial charge is 0.272 e. The Hall–Kier alpha value is -0.480. The molecule has 0 fully saturated rings. The molecule has 4 heteroatoms. The molecule has 0 aliphatic rings. The van der Waals surface area contributed by atoms with E-state index in [0.717, 1.165) is 0 Å². The van der Waals surface area contributed by atoms with Crippen molar-refractivity contribution in [3.63, 3.8) is 0 Å². The number of likely N-dealkylation sites (N-methyl/N-ethyl adjacent to an activating group) is 2. The first-order chi connectivity index (χ1) is 8.11. The van der Waals surface area contributed by atoms with E-state index < -0.39 is 6.08 Å². The molecule has 0 spiro atoms. The van der Waals surface area contributed by atoms with Crippen LogP contribution in [0.5, 0.6) is 0 Å². The van der Waals surface area contributed by atoms with Gasteiger partial charge in [0, 0.05) is 17.7 Å². The van der Waals surface area contributed by atoms with Gasteiger partial charge in [-0.25, -0.2) is 0 Å². The van der Waals surface area contributed by atoms with E-state index in [9.17, 15) is 8.78 Å². The summed E-state index contributed by atoms with van der Waals surface area (Å²) in [5.41, 5.74) is 0.259. The van der Waals surface area contributed by atoms with Gasteiger partial charge >= 0.3 is 0 Å². The van der Waals surface area contributed by atoms with Crippen molar-refractivity contribution in [2.45, 2.75) is 39.8 Å². The minimum atomic E-state index is -1.53. The molecule has 0 aromatic rings. The highest BCUT2D eigenvalue weighted by Gasteiger charge is 2.33. The lowest BCUT2D eigenvalue weighted by Crippen LogP contribution is -2.45. The molecule has 0 aliphatic carbocycles. The normalized spacial score (nSPS) is 15.7. The average Bonchev–Trinajstić information content (AvgIpc) is 2.13. The Kier molecular flexibility index (Phi) is 7.00. The van der Waals surface area contributed by atoms with E-state index >= 15 is 0 Å². The number of halogens is 2. The number of rotatable bonds is 6. The van der Waals surface area contributed by atoms with Crippen LogP contribution in [0.15, 0.2) is 11.7 Å². The fourth-order valence-electron chi connectivity index (χ4n) is 2.87. The van der Waals surface area contributed by atoms with E-state index in [0.29, 0.717) is 0 Å². The van der Waals surface area contributed by atoms with Crippen LogP contribution in [0.1, 0.15) is 27.7 Å². The molecule has 2 unspecified atom stereocenters. The molecular formula is C14H28F2N2. The lowest BCUT2D eigenvalue weighted by atomic mass is 9.85. The van der Waals surface area contributed by atoms with Crippen LogP contribution in [0, 0.1) is 11.8 Å². The van der Waals surface area contributed by atoms with E-state index in [2.05, 4.69) is 0 Å². The molecule has 0 heterocycles. The zero-order valence-electron chi connectivity index (χ0n) is 13.0. The van der Waals surface area contributed by atoms with Crippen molar-refractivity contribution in [3.05, 3.63) is 11.7 Å². The molecule has 0 rings (SSSR count). The number of nitrogens with zero attached hydrogens (tertiary/aromatic N) is 2. The Morgan fingerprint density at radius 2 is 1.00 bits per heavy atom. The predicted molar refractivity (Wildman–Crippen MR) is 73.9 cm³/mol. The monoisotopic (exact) mass is 262 g/mol. The fourth-order valence-corrected chi connectivity index (χ4v) is 2.87. The predicted octanol–water partition coefficient (Wildman–Crippen LogP) is 3.31. The molecule has 0 bridgehead atoms. The van der Waals surface area contributed by atoms with Gasteiger partial charge in [0.1, 0.15) is 0 Å². The minimum Gasteiger partial charge on any atom is -0.302 e. The van der Waals surface area contributed by atoms with E-state index in [1.807, 2.05) is 65.7 Å². The van der Waals surface area contributed by atoms with Gasteiger partial charge in [-0.3, -0.25) is 0 Å². The van der Waals surface area contributed by atoms with E-state index in [1.54, 1.807) is 0 Å². The van der Waals surface area contributed by atoms with Gasteiger partial charge in [-0.2, -0.15) is 8.78 Å². The van der Waals surface area contributed by atoms with Gasteiger partial charge in [0.25, 0.3) is 6.08 Å². The highest BCUT2D eigenvalue weighted by Crippen LogP contribution is 2.30. The topological polar surface area (TPSA) is 6.48 Å². The van der Waals surface area contributed by atoms with Crippen molar-refractivity contribution in [2.75, 3.05) is 28.2 Å². The summed E-state index contributed by atoms with van der Waals surface area (Å²) in [4.78, 5) is 3.77. The number of hydrogen-bond acceptors (Lipinski definition) is 2. The van der Waals surface area contributed by atoms with Crippen LogP contribution in [0.4, 0.5) is 8.78 Å². The third-order valence-corrected chi connectivity index (χ3v) is 3.23. The maximum atomic E-state index is 13.5. The van der Waals surface area contributed by atoms with Crippen LogP contribution in [0.25, 0.3) is 0 Å². The second-order valence-corrected chi connectivity index (χ2v) is 6.02. The second kappa shape index (κ2) is 7.19. The lowest BCUT2D eigenvalue weighted by Gasteiger charge is -2.38. The summed E-state index contributed by atoms with van der Waals surface area (Å²) in [6, 6.07) is -0.463. The van der Waals surface area contributed by atoms with Crippen LogP contribution in [-0.2, 0) is 0 Å². The van der Waals surface area contributed by atoms with Gasteiger partial charge in [0.05, 0.1) is 0 Å². The highest BCUT2D eigenvalue weighted by molar-refractivity contribution is 5.20. The van der Waals surface area contributed by atoms with Crippen LogP contribution >= 0.6 is 0 Å². The summed E-state index contributed by atoms with van der Waals surface area (Å²) in [6.45, 7) is 7.95.